The van der Waals surface area contributed by atoms with Crippen LogP contribution in [0.3, 0.4) is 0 Å². The van der Waals surface area contributed by atoms with Gasteiger partial charge < -0.3 is 15.9 Å². The highest BCUT2D eigenvalue weighted by molar-refractivity contribution is 14.1. The molecular weight excluding hydrogens is 443 g/mol. The summed E-state index contributed by atoms with van der Waals surface area (Å²) in [6.45, 7) is -0.0680. The maximum absolute atomic E-state index is 9.72. The van der Waals surface area contributed by atoms with E-state index in [-0.39, 0.29) is 30.8 Å². The molecule has 1 unspecified atom stereocenters. The fourth-order valence-electron chi connectivity index (χ4n) is 1.12. The molecule has 0 aliphatic rings. The highest BCUT2D eigenvalue weighted by Gasteiger charge is 2.10. The summed E-state index contributed by atoms with van der Waals surface area (Å²) < 4.78 is 1.87. The first kappa shape index (κ1) is 15.7. The summed E-state index contributed by atoms with van der Waals surface area (Å²) in [5.74, 6) is 0.273. The van der Waals surface area contributed by atoms with Crippen LogP contribution in [0.15, 0.2) is 12.1 Å². The molecule has 0 fully saturated rings. The minimum atomic E-state index is -0.310. The normalized spacial score (nSPS) is 12.0. The van der Waals surface area contributed by atoms with Gasteiger partial charge in [-0.25, -0.2) is 0 Å². The quantitative estimate of drug-likeness (QED) is 0.610. The van der Waals surface area contributed by atoms with Crippen LogP contribution in [-0.4, -0.2) is 22.9 Å². The zero-order chi connectivity index (χ0) is 10.7. The van der Waals surface area contributed by atoms with Crippen molar-refractivity contribution >= 4 is 57.6 Å². The van der Waals surface area contributed by atoms with Crippen LogP contribution in [0, 0.1) is 7.14 Å². The Morgan fingerprint density at radius 2 is 1.93 bits per heavy atom. The van der Waals surface area contributed by atoms with Crippen LogP contribution in [-0.2, 0) is 6.42 Å². The average molecular weight is 455 g/mol. The molecule has 4 N–H and O–H groups in total. The van der Waals surface area contributed by atoms with E-state index >= 15 is 0 Å². The third kappa shape index (κ3) is 4.59. The Bertz CT molecular complexity index is 336. The van der Waals surface area contributed by atoms with Crippen molar-refractivity contribution in [3.63, 3.8) is 0 Å². The van der Waals surface area contributed by atoms with Gasteiger partial charge in [0.25, 0.3) is 0 Å². The van der Waals surface area contributed by atoms with Crippen molar-refractivity contribution in [3.05, 3.63) is 24.8 Å². The summed E-state index contributed by atoms with van der Waals surface area (Å²) in [5.41, 5.74) is 6.40. The summed E-state index contributed by atoms with van der Waals surface area (Å²) in [7, 11) is 0. The lowest BCUT2D eigenvalue weighted by atomic mass is 10.1. The first-order chi connectivity index (χ1) is 6.54. The van der Waals surface area contributed by atoms with Crippen molar-refractivity contribution in [2.75, 3.05) is 6.61 Å². The van der Waals surface area contributed by atoms with E-state index in [4.69, 9.17) is 10.8 Å². The molecule has 0 aliphatic heterocycles. The molecule has 6 heteroatoms. The fourth-order valence-corrected chi connectivity index (χ4v) is 3.09. The number of halogens is 3. The van der Waals surface area contributed by atoms with Gasteiger partial charge in [-0.2, -0.15) is 0 Å². The number of aromatic hydroxyl groups is 1. The number of phenols is 1. The number of hydrogen-bond acceptors (Lipinski definition) is 3. The van der Waals surface area contributed by atoms with Crippen LogP contribution < -0.4 is 5.73 Å². The number of benzene rings is 1. The number of aliphatic hydroxyl groups excluding tert-OH is 1. The van der Waals surface area contributed by atoms with Gasteiger partial charge in [-0.3, -0.25) is 0 Å². The lowest BCUT2D eigenvalue weighted by molar-refractivity contribution is 0.264. The SMILES string of the molecule is Cl.NC(CO)Cc1cc(I)cc(I)c1O. The first-order valence-corrected chi connectivity index (χ1v) is 6.23. The Hall–Kier alpha value is 0.690. The zero-order valence-corrected chi connectivity index (χ0v) is 12.9. The molecule has 15 heavy (non-hydrogen) atoms. The molecule has 0 aromatic heterocycles. The van der Waals surface area contributed by atoms with E-state index in [1.54, 1.807) is 0 Å². The van der Waals surface area contributed by atoms with E-state index in [1.807, 2.05) is 12.1 Å². The number of rotatable bonds is 3. The molecule has 1 atom stereocenters. The molecule has 0 spiro atoms. The molecule has 0 bridgehead atoms. The average Bonchev–Trinajstić information content (AvgIpc) is 2.13. The largest absolute Gasteiger partial charge is 0.507 e. The lowest BCUT2D eigenvalue weighted by Gasteiger charge is -2.11. The molecule has 0 saturated carbocycles. The van der Waals surface area contributed by atoms with Gasteiger partial charge in [0.2, 0.25) is 0 Å². The van der Waals surface area contributed by atoms with Crippen molar-refractivity contribution in [1.29, 1.82) is 0 Å². The molecule has 86 valence electrons. The summed E-state index contributed by atoms with van der Waals surface area (Å²) in [6.07, 6.45) is 0.495. The molecule has 3 nitrogen and oxygen atoms in total. The Labute approximate surface area is 122 Å². The second-order valence-electron chi connectivity index (χ2n) is 3.04. The highest BCUT2D eigenvalue weighted by Crippen LogP contribution is 2.27. The zero-order valence-electron chi connectivity index (χ0n) is 7.78. The van der Waals surface area contributed by atoms with Gasteiger partial charge in [0.1, 0.15) is 5.75 Å². The molecule has 0 heterocycles. The smallest absolute Gasteiger partial charge is 0.132 e. The van der Waals surface area contributed by atoms with E-state index in [0.29, 0.717) is 6.42 Å². The molecule has 1 aromatic rings. The highest BCUT2D eigenvalue weighted by atomic mass is 127. The van der Waals surface area contributed by atoms with Crippen LogP contribution in [0.5, 0.6) is 5.75 Å². The van der Waals surface area contributed by atoms with Crippen LogP contribution in [0.1, 0.15) is 5.56 Å². The van der Waals surface area contributed by atoms with Crippen LogP contribution in [0.4, 0.5) is 0 Å². The molecule has 1 rings (SSSR count). The second kappa shape index (κ2) is 7.10. The van der Waals surface area contributed by atoms with Crippen molar-refractivity contribution in [1.82, 2.24) is 0 Å². The first-order valence-electron chi connectivity index (χ1n) is 4.08. The van der Waals surface area contributed by atoms with Crippen molar-refractivity contribution < 1.29 is 10.2 Å². The molecule has 0 amide bonds. The van der Waals surface area contributed by atoms with Gasteiger partial charge in [0.05, 0.1) is 10.2 Å². The fraction of sp³-hybridized carbons (Fsp3) is 0.333. The van der Waals surface area contributed by atoms with E-state index < -0.39 is 0 Å². The standard InChI is InChI=1S/C9H11I2NO2.ClH/c10-6-1-5(2-7(12)4-13)9(14)8(11)3-6;/h1,3,7,13-14H,2,4,12H2;1H. The van der Waals surface area contributed by atoms with Crippen LogP contribution in [0.25, 0.3) is 0 Å². The van der Waals surface area contributed by atoms with Gasteiger partial charge in [-0.1, -0.05) is 0 Å². The summed E-state index contributed by atoms with van der Waals surface area (Å²) >= 11 is 4.26. The number of aliphatic hydroxyl groups is 1. The van der Waals surface area contributed by atoms with Gasteiger partial charge in [-0.05, 0) is 69.3 Å². The number of hydrogen-bond donors (Lipinski definition) is 3. The van der Waals surface area contributed by atoms with Crippen molar-refractivity contribution in [3.8, 4) is 5.75 Å². The summed E-state index contributed by atoms with van der Waals surface area (Å²) in [6, 6.07) is 3.47. The summed E-state index contributed by atoms with van der Waals surface area (Å²) in [5, 5.41) is 18.5. The second-order valence-corrected chi connectivity index (χ2v) is 5.45. The van der Waals surface area contributed by atoms with Crippen LogP contribution >= 0.6 is 57.6 Å². The van der Waals surface area contributed by atoms with E-state index in [0.717, 1.165) is 12.7 Å². The van der Waals surface area contributed by atoms with E-state index in [2.05, 4.69) is 45.2 Å². The molecular formula is C9H12ClI2NO2. The minimum absolute atomic E-state index is 0. The summed E-state index contributed by atoms with van der Waals surface area (Å²) in [4.78, 5) is 0. The van der Waals surface area contributed by atoms with Gasteiger partial charge in [0, 0.05) is 9.61 Å². The monoisotopic (exact) mass is 455 g/mol. The molecule has 1 aromatic carbocycles. The van der Waals surface area contributed by atoms with E-state index in [9.17, 15) is 5.11 Å². The van der Waals surface area contributed by atoms with E-state index in [1.165, 1.54) is 0 Å². The molecule has 0 aliphatic carbocycles. The molecule has 0 radical (unpaired) electrons. The predicted octanol–water partition coefficient (Wildman–Crippen LogP) is 1.89. The Balaban J connectivity index is 0.00000196. The molecule has 0 saturated heterocycles. The predicted molar refractivity (Wildman–Crippen MR) is 79.6 cm³/mol. The van der Waals surface area contributed by atoms with Crippen molar-refractivity contribution in [2.45, 2.75) is 12.5 Å². The van der Waals surface area contributed by atoms with Crippen molar-refractivity contribution in [2.24, 2.45) is 5.73 Å². The van der Waals surface area contributed by atoms with Gasteiger partial charge >= 0.3 is 0 Å². The topological polar surface area (TPSA) is 66.5 Å². The van der Waals surface area contributed by atoms with Crippen LogP contribution in [0.2, 0.25) is 0 Å². The maximum Gasteiger partial charge on any atom is 0.132 e. The minimum Gasteiger partial charge on any atom is -0.507 e. The lowest BCUT2D eigenvalue weighted by Crippen LogP contribution is -2.26. The van der Waals surface area contributed by atoms with Gasteiger partial charge in [0.15, 0.2) is 0 Å². The van der Waals surface area contributed by atoms with Gasteiger partial charge in [-0.15, -0.1) is 12.4 Å². The number of phenolic OH excluding ortho intramolecular Hbond substituents is 1. The maximum atomic E-state index is 9.72. The Kier molecular flexibility index (Phi) is 7.43. The number of nitrogens with two attached hydrogens (primary N) is 1. The Morgan fingerprint density at radius 3 is 2.47 bits per heavy atom. The third-order valence-electron chi connectivity index (χ3n) is 1.82. The third-order valence-corrected chi connectivity index (χ3v) is 3.27. The Morgan fingerprint density at radius 1 is 1.33 bits per heavy atom.